The number of hydrogen-bond donors (Lipinski definition) is 1. The van der Waals surface area contributed by atoms with Gasteiger partial charge in [-0.05, 0) is 18.9 Å². The molecule has 0 saturated heterocycles. The molecule has 0 aliphatic rings. The quantitative estimate of drug-likeness (QED) is 0.374. The highest BCUT2D eigenvalue weighted by Crippen LogP contribution is 2.46. The first kappa shape index (κ1) is 16.0. The zero-order valence-electron chi connectivity index (χ0n) is 11.6. The molecule has 0 atom stereocenters. The van der Waals surface area contributed by atoms with Gasteiger partial charge in [0, 0.05) is 5.56 Å². The van der Waals surface area contributed by atoms with E-state index < -0.39 is 0 Å². The second-order valence-electron chi connectivity index (χ2n) is 4.28. The third-order valence-electron chi connectivity index (χ3n) is 2.75. The van der Waals surface area contributed by atoms with Crippen LogP contribution in [-0.2, 0) is 0 Å². The number of carbonyl (C=O) groups is 1. The number of methoxy groups -OCH3 is 2. The number of carbonyl (C=O) groups excluding carboxylic acids is 1. The zero-order chi connectivity index (χ0) is 14.6. The second-order valence-corrected chi connectivity index (χ2v) is 5.04. The van der Waals surface area contributed by atoms with Gasteiger partial charge in [-0.2, -0.15) is 0 Å². The van der Waals surface area contributed by atoms with Crippen LogP contribution in [0.15, 0.2) is 6.07 Å². The van der Waals surface area contributed by atoms with Gasteiger partial charge in [0.2, 0.25) is 5.75 Å². The Hall–Kier alpha value is -1.01. The normalized spacial score (nSPS) is 10.5. The fourth-order valence-electron chi connectivity index (χ4n) is 1.85. The van der Waals surface area contributed by atoms with Crippen molar-refractivity contribution in [2.24, 2.45) is 0 Å². The summed E-state index contributed by atoms with van der Waals surface area (Å²) >= 11 is 4.81. The lowest BCUT2D eigenvalue weighted by atomic mass is 9.96. The molecule has 0 amide bonds. The molecule has 1 rings (SSSR count). The number of ketones is 1. The van der Waals surface area contributed by atoms with Gasteiger partial charge in [0.1, 0.15) is 11.1 Å². The number of ether oxygens (including phenoxy) is 2. The third kappa shape index (κ3) is 3.30. The smallest absolute Gasteiger partial charge is 0.206 e. The summed E-state index contributed by atoms with van der Waals surface area (Å²) in [5.41, 5.74) is 1.36. The van der Waals surface area contributed by atoms with Crippen LogP contribution in [0.2, 0.25) is 0 Å². The van der Waals surface area contributed by atoms with E-state index in [1.54, 1.807) is 13.2 Å². The Labute approximate surface area is 122 Å². The predicted octanol–water partition coefficient (Wildman–Crippen LogP) is 3.90. The van der Waals surface area contributed by atoms with Crippen LogP contribution in [0.5, 0.6) is 17.2 Å². The molecule has 0 N–H and O–H groups in total. The summed E-state index contributed by atoms with van der Waals surface area (Å²) in [6.45, 7) is 5.53. The van der Waals surface area contributed by atoms with E-state index in [1.807, 2.05) is 13.8 Å². The van der Waals surface area contributed by atoms with Crippen molar-refractivity contribution in [1.82, 2.24) is 0 Å². The highest BCUT2D eigenvalue weighted by Gasteiger charge is 2.24. The van der Waals surface area contributed by atoms with Crippen LogP contribution in [0.25, 0.3) is 0 Å². The maximum atomic E-state index is 11.8. The molecule has 0 heterocycles. The first-order valence-electron chi connectivity index (χ1n) is 5.75. The largest absolute Gasteiger partial charge is 0.492 e. The topological polar surface area (TPSA) is 44.8 Å². The Balaban J connectivity index is 3.64. The summed E-state index contributed by atoms with van der Waals surface area (Å²) in [5, 5.41) is 0. The lowest BCUT2D eigenvalue weighted by Gasteiger charge is -2.19. The minimum absolute atomic E-state index is 0.0970. The lowest BCUT2D eigenvalue weighted by molar-refractivity contribution is 0.101. The molecule has 0 aromatic heterocycles. The van der Waals surface area contributed by atoms with Crippen molar-refractivity contribution < 1.29 is 18.5 Å². The van der Waals surface area contributed by atoms with E-state index in [0.29, 0.717) is 22.8 Å². The van der Waals surface area contributed by atoms with Crippen molar-refractivity contribution >= 4 is 28.5 Å². The summed E-state index contributed by atoms with van der Waals surface area (Å²) < 4.78 is 16.1. The maximum absolute atomic E-state index is 11.8. The van der Waals surface area contributed by atoms with E-state index in [1.165, 1.54) is 14.0 Å². The van der Waals surface area contributed by atoms with Gasteiger partial charge in [0.05, 0.1) is 19.8 Å². The maximum Gasteiger partial charge on any atom is 0.206 e. The number of Topliss-reactive ketones (excluding diaryl/α,β-unsaturated/α-hetero) is 1. The molecule has 0 bridgehead atoms. The minimum Gasteiger partial charge on any atom is -0.492 e. The molecule has 1 aromatic carbocycles. The summed E-state index contributed by atoms with van der Waals surface area (Å²) in [4.78, 5) is 11.8. The van der Waals surface area contributed by atoms with Crippen LogP contribution < -0.4 is 13.7 Å². The van der Waals surface area contributed by atoms with Crippen LogP contribution in [-0.4, -0.2) is 20.0 Å². The second kappa shape index (κ2) is 6.96. The third-order valence-corrected chi connectivity index (χ3v) is 3.21. The van der Waals surface area contributed by atoms with Crippen molar-refractivity contribution in [2.45, 2.75) is 26.7 Å². The summed E-state index contributed by atoms with van der Waals surface area (Å²) in [6.07, 6.45) is 0. The molecule has 0 unspecified atom stereocenters. The van der Waals surface area contributed by atoms with Gasteiger partial charge < -0.3 is 13.7 Å². The van der Waals surface area contributed by atoms with Gasteiger partial charge in [0.15, 0.2) is 17.3 Å². The monoisotopic (exact) mass is 302 g/mol. The van der Waals surface area contributed by atoms with E-state index in [2.05, 4.69) is 11.7 Å². The van der Waals surface area contributed by atoms with Gasteiger partial charge in [-0.3, -0.25) is 4.79 Å². The van der Waals surface area contributed by atoms with Crippen LogP contribution >= 0.6 is 22.7 Å². The van der Waals surface area contributed by atoms with Crippen molar-refractivity contribution in [3.63, 3.8) is 0 Å². The molecule has 0 saturated carbocycles. The summed E-state index contributed by atoms with van der Waals surface area (Å²) in [7, 11) is 3.08. The molecule has 0 radical (unpaired) electrons. The first-order valence-corrected chi connectivity index (χ1v) is 7.55. The summed E-state index contributed by atoms with van der Waals surface area (Å²) in [6, 6.07) is 1.79. The van der Waals surface area contributed by atoms with Gasteiger partial charge in [0.25, 0.3) is 0 Å². The standard InChI is InChI=1S/C13H18O4S2/c1-7(2)9-6-10(8(3)14)12(17-19-18)13(16-5)11(9)15-4/h6-7,18H,1-5H3. The number of thiol groups is 1. The highest BCUT2D eigenvalue weighted by molar-refractivity contribution is 8.66. The Morgan fingerprint density at radius 3 is 2.16 bits per heavy atom. The number of benzene rings is 1. The first-order chi connectivity index (χ1) is 8.97. The Morgan fingerprint density at radius 1 is 1.21 bits per heavy atom. The van der Waals surface area contributed by atoms with E-state index in [9.17, 15) is 4.79 Å². The molecule has 0 spiro atoms. The Morgan fingerprint density at radius 2 is 1.79 bits per heavy atom. The van der Waals surface area contributed by atoms with E-state index in [-0.39, 0.29) is 11.7 Å². The molecule has 106 valence electrons. The van der Waals surface area contributed by atoms with Crippen LogP contribution in [0, 0.1) is 0 Å². The van der Waals surface area contributed by atoms with Crippen molar-refractivity contribution in [3.8, 4) is 17.2 Å². The molecule has 19 heavy (non-hydrogen) atoms. The summed E-state index contributed by atoms with van der Waals surface area (Å²) in [5.74, 6) is 1.44. The molecule has 4 nitrogen and oxygen atoms in total. The number of hydrogen-bond acceptors (Lipinski definition) is 6. The van der Waals surface area contributed by atoms with Crippen LogP contribution in [0.3, 0.4) is 0 Å². The molecular weight excluding hydrogens is 284 g/mol. The van der Waals surface area contributed by atoms with Gasteiger partial charge in [-0.25, -0.2) is 0 Å². The SMILES string of the molecule is COc1c(C(C)C)cc(C(C)=O)c(OSS)c1OC. The minimum atomic E-state index is -0.0970. The van der Waals surface area contributed by atoms with Crippen LogP contribution in [0.1, 0.15) is 42.6 Å². The van der Waals surface area contributed by atoms with Crippen molar-refractivity contribution in [2.75, 3.05) is 14.2 Å². The molecule has 0 aliphatic heterocycles. The van der Waals surface area contributed by atoms with Crippen molar-refractivity contribution in [3.05, 3.63) is 17.2 Å². The average Bonchev–Trinajstić information content (AvgIpc) is 2.37. The zero-order valence-corrected chi connectivity index (χ0v) is 13.4. The van der Waals surface area contributed by atoms with Gasteiger partial charge >= 0.3 is 0 Å². The fraction of sp³-hybridized carbons (Fsp3) is 0.462. The molecule has 0 aliphatic carbocycles. The average molecular weight is 302 g/mol. The Bertz CT molecular complexity index is 472. The number of rotatable bonds is 6. The Kier molecular flexibility index (Phi) is 5.87. The molecule has 1 aromatic rings. The fourth-order valence-corrected chi connectivity index (χ4v) is 2.31. The van der Waals surface area contributed by atoms with E-state index in [4.69, 9.17) is 13.7 Å². The van der Waals surface area contributed by atoms with Gasteiger partial charge in [-0.1, -0.05) is 25.5 Å². The van der Waals surface area contributed by atoms with Gasteiger partial charge in [-0.15, -0.1) is 0 Å². The highest BCUT2D eigenvalue weighted by atomic mass is 33.1. The lowest BCUT2D eigenvalue weighted by Crippen LogP contribution is -2.05. The van der Waals surface area contributed by atoms with Crippen molar-refractivity contribution in [1.29, 1.82) is 0 Å². The van der Waals surface area contributed by atoms with E-state index >= 15 is 0 Å². The van der Waals surface area contributed by atoms with Crippen LogP contribution in [0.4, 0.5) is 0 Å². The van der Waals surface area contributed by atoms with E-state index in [0.717, 1.165) is 16.6 Å². The molecule has 6 heteroatoms. The molecule has 0 fully saturated rings. The predicted molar refractivity (Wildman–Crippen MR) is 80.8 cm³/mol. The molecular formula is C13H18O4S2.